The summed E-state index contributed by atoms with van der Waals surface area (Å²) in [6.45, 7) is 3.99. The summed E-state index contributed by atoms with van der Waals surface area (Å²) in [5.41, 5.74) is 3.82. The first-order valence-corrected chi connectivity index (χ1v) is 7.86. The molecule has 22 heavy (non-hydrogen) atoms. The molecule has 3 aromatic rings. The van der Waals surface area contributed by atoms with Crippen molar-refractivity contribution >= 4 is 27.4 Å². The summed E-state index contributed by atoms with van der Waals surface area (Å²) in [4.78, 5) is 9.08. The molecule has 0 spiro atoms. The second-order valence-electron chi connectivity index (χ2n) is 5.29. The maximum absolute atomic E-state index is 9.28. The van der Waals surface area contributed by atoms with Crippen molar-refractivity contribution in [1.82, 2.24) is 14.4 Å². The number of aliphatic hydroxyl groups excluding tert-OH is 1. The second-order valence-corrected chi connectivity index (χ2v) is 6.10. The predicted octanol–water partition coefficient (Wildman–Crippen LogP) is 3.26. The zero-order valence-electron chi connectivity index (χ0n) is 12.4. The highest BCUT2D eigenvalue weighted by Gasteiger charge is 2.14. The summed E-state index contributed by atoms with van der Waals surface area (Å²) >= 11 is 3.51. The fraction of sp³-hybridized carbons (Fsp3) is 0.250. The number of benzene rings is 1. The average Bonchev–Trinajstić information content (AvgIpc) is 2.89. The van der Waals surface area contributed by atoms with Gasteiger partial charge in [0.15, 0.2) is 11.5 Å². The number of nitrogens with zero attached hydrogens (tertiary/aromatic N) is 3. The van der Waals surface area contributed by atoms with Gasteiger partial charge in [0.2, 0.25) is 0 Å². The summed E-state index contributed by atoms with van der Waals surface area (Å²) in [6, 6.07) is 8.03. The van der Waals surface area contributed by atoms with Crippen molar-refractivity contribution in [3.8, 4) is 11.3 Å². The van der Waals surface area contributed by atoms with Crippen LogP contribution in [-0.4, -0.2) is 32.1 Å². The van der Waals surface area contributed by atoms with Crippen LogP contribution in [0.25, 0.3) is 16.9 Å². The van der Waals surface area contributed by atoms with Crippen molar-refractivity contribution in [2.75, 3.05) is 11.9 Å². The van der Waals surface area contributed by atoms with Gasteiger partial charge in [0, 0.05) is 17.8 Å². The SMILES string of the molecule is Cc1ccccc1-c1cn2c(Br)cnc2c(NC(C)CO)n1. The molecule has 0 saturated carbocycles. The average molecular weight is 361 g/mol. The van der Waals surface area contributed by atoms with Crippen molar-refractivity contribution in [1.29, 1.82) is 0 Å². The Morgan fingerprint density at radius 2 is 2.14 bits per heavy atom. The second kappa shape index (κ2) is 6.06. The zero-order valence-corrected chi connectivity index (χ0v) is 14.0. The van der Waals surface area contributed by atoms with E-state index in [2.05, 4.69) is 39.2 Å². The van der Waals surface area contributed by atoms with Gasteiger partial charge in [-0.3, -0.25) is 4.40 Å². The third-order valence-electron chi connectivity index (χ3n) is 3.53. The highest BCUT2D eigenvalue weighted by atomic mass is 79.9. The molecule has 6 heteroatoms. The molecule has 5 nitrogen and oxygen atoms in total. The fourth-order valence-corrected chi connectivity index (χ4v) is 2.70. The number of aryl methyl sites for hydroxylation is 1. The predicted molar refractivity (Wildman–Crippen MR) is 91.0 cm³/mol. The van der Waals surface area contributed by atoms with E-state index in [1.54, 1.807) is 6.20 Å². The van der Waals surface area contributed by atoms with Crippen LogP contribution < -0.4 is 5.32 Å². The largest absolute Gasteiger partial charge is 0.394 e. The molecule has 0 bridgehead atoms. The number of aliphatic hydroxyl groups is 1. The van der Waals surface area contributed by atoms with Crippen LogP contribution in [0.4, 0.5) is 5.82 Å². The van der Waals surface area contributed by atoms with E-state index in [9.17, 15) is 5.11 Å². The molecular weight excluding hydrogens is 344 g/mol. The quantitative estimate of drug-likeness (QED) is 0.749. The summed E-state index contributed by atoms with van der Waals surface area (Å²) < 4.78 is 2.81. The highest BCUT2D eigenvalue weighted by Crippen LogP contribution is 2.27. The number of halogens is 1. The van der Waals surface area contributed by atoms with Crippen molar-refractivity contribution in [2.24, 2.45) is 0 Å². The van der Waals surface area contributed by atoms with Crippen molar-refractivity contribution in [3.63, 3.8) is 0 Å². The topological polar surface area (TPSA) is 62.5 Å². The zero-order chi connectivity index (χ0) is 15.7. The Hall–Kier alpha value is -1.92. The van der Waals surface area contributed by atoms with Crippen LogP contribution in [0.1, 0.15) is 12.5 Å². The standard InChI is InChI=1S/C16H17BrN4O/c1-10-5-3-4-6-12(10)13-8-21-14(17)7-18-16(21)15(20-13)19-11(2)9-22/h3-8,11,22H,9H2,1-2H3,(H,19,20). The first-order valence-electron chi connectivity index (χ1n) is 7.07. The molecule has 0 radical (unpaired) electrons. The molecule has 0 amide bonds. The van der Waals surface area contributed by atoms with E-state index in [1.807, 2.05) is 35.7 Å². The number of imidazole rings is 1. The summed E-state index contributed by atoms with van der Waals surface area (Å²) in [7, 11) is 0. The molecular formula is C16H17BrN4O. The Kier molecular flexibility index (Phi) is 4.13. The molecule has 0 aliphatic carbocycles. The van der Waals surface area contributed by atoms with Gasteiger partial charge in [-0.05, 0) is 35.3 Å². The summed E-state index contributed by atoms with van der Waals surface area (Å²) in [5.74, 6) is 0.660. The van der Waals surface area contributed by atoms with Crippen LogP contribution >= 0.6 is 15.9 Å². The highest BCUT2D eigenvalue weighted by molar-refractivity contribution is 9.10. The minimum Gasteiger partial charge on any atom is -0.394 e. The number of hydrogen-bond donors (Lipinski definition) is 2. The lowest BCUT2D eigenvalue weighted by Crippen LogP contribution is -2.21. The van der Waals surface area contributed by atoms with Crippen LogP contribution in [0, 0.1) is 6.92 Å². The molecule has 0 aliphatic heterocycles. The van der Waals surface area contributed by atoms with Crippen LogP contribution in [0.3, 0.4) is 0 Å². The fourth-order valence-electron chi connectivity index (χ4n) is 2.33. The maximum Gasteiger partial charge on any atom is 0.181 e. The molecule has 0 fully saturated rings. The van der Waals surface area contributed by atoms with E-state index < -0.39 is 0 Å². The van der Waals surface area contributed by atoms with Crippen molar-refractivity contribution in [3.05, 3.63) is 46.8 Å². The van der Waals surface area contributed by atoms with Gasteiger partial charge in [0.05, 0.1) is 18.5 Å². The number of hydrogen-bond acceptors (Lipinski definition) is 4. The van der Waals surface area contributed by atoms with E-state index in [0.717, 1.165) is 27.1 Å². The Morgan fingerprint density at radius 3 is 2.86 bits per heavy atom. The van der Waals surface area contributed by atoms with E-state index >= 15 is 0 Å². The molecule has 0 aliphatic rings. The molecule has 1 aromatic carbocycles. The van der Waals surface area contributed by atoms with Gasteiger partial charge >= 0.3 is 0 Å². The summed E-state index contributed by atoms with van der Waals surface area (Å²) in [6.07, 6.45) is 3.71. The van der Waals surface area contributed by atoms with Gasteiger partial charge in [-0.1, -0.05) is 24.3 Å². The number of anilines is 1. The minimum absolute atomic E-state index is 0.0321. The smallest absolute Gasteiger partial charge is 0.181 e. The van der Waals surface area contributed by atoms with Gasteiger partial charge in [-0.15, -0.1) is 0 Å². The molecule has 2 heterocycles. The number of aromatic nitrogens is 3. The van der Waals surface area contributed by atoms with Gasteiger partial charge < -0.3 is 10.4 Å². The normalized spacial score (nSPS) is 12.5. The van der Waals surface area contributed by atoms with E-state index in [4.69, 9.17) is 4.98 Å². The van der Waals surface area contributed by atoms with E-state index in [-0.39, 0.29) is 12.6 Å². The van der Waals surface area contributed by atoms with Crippen LogP contribution in [0.5, 0.6) is 0 Å². The van der Waals surface area contributed by atoms with Gasteiger partial charge in [0.25, 0.3) is 0 Å². The molecule has 2 aromatic heterocycles. The van der Waals surface area contributed by atoms with E-state index in [1.165, 1.54) is 0 Å². The lowest BCUT2D eigenvalue weighted by atomic mass is 10.1. The molecule has 0 saturated heterocycles. The lowest BCUT2D eigenvalue weighted by Gasteiger charge is -2.14. The van der Waals surface area contributed by atoms with Crippen LogP contribution in [0.15, 0.2) is 41.3 Å². The third kappa shape index (κ3) is 2.71. The Bertz CT molecular complexity index is 815. The Balaban J connectivity index is 2.19. The Morgan fingerprint density at radius 1 is 1.36 bits per heavy atom. The minimum atomic E-state index is -0.0982. The van der Waals surface area contributed by atoms with Crippen LogP contribution in [-0.2, 0) is 0 Å². The number of rotatable bonds is 4. The van der Waals surface area contributed by atoms with Gasteiger partial charge in [-0.2, -0.15) is 0 Å². The van der Waals surface area contributed by atoms with Crippen molar-refractivity contribution < 1.29 is 5.11 Å². The first-order chi connectivity index (χ1) is 10.6. The van der Waals surface area contributed by atoms with E-state index in [0.29, 0.717) is 5.82 Å². The Labute approximate surface area is 137 Å². The molecule has 114 valence electrons. The maximum atomic E-state index is 9.28. The third-order valence-corrected chi connectivity index (χ3v) is 4.11. The van der Waals surface area contributed by atoms with Gasteiger partial charge in [-0.25, -0.2) is 9.97 Å². The molecule has 2 N–H and O–H groups in total. The van der Waals surface area contributed by atoms with Gasteiger partial charge in [0.1, 0.15) is 4.60 Å². The molecule has 3 rings (SSSR count). The summed E-state index contributed by atoms with van der Waals surface area (Å²) in [5, 5.41) is 12.5. The molecule has 1 unspecified atom stereocenters. The number of nitrogens with one attached hydrogen (secondary N) is 1. The number of fused-ring (bicyclic) bond motifs is 1. The molecule has 1 atom stereocenters. The monoisotopic (exact) mass is 360 g/mol. The van der Waals surface area contributed by atoms with Crippen LogP contribution in [0.2, 0.25) is 0 Å². The lowest BCUT2D eigenvalue weighted by molar-refractivity contribution is 0.281. The van der Waals surface area contributed by atoms with Crippen molar-refractivity contribution in [2.45, 2.75) is 19.9 Å². The first kappa shape index (κ1) is 15.0.